The summed E-state index contributed by atoms with van der Waals surface area (Å²) in [5.41, 5.74) is 12.1. The third kappa shape index (κ3) is 5.19. The summed E-state index contributed by atoms with van der Waals surface area (Å²) in [5.74, 6) is 0.615. The molecule has 0 unspecified atom stereocenters. The average Bonchev–Trinajstić information content (AvgIpc) is 3.87. The Labute approximate surface area is 317 Å². The molecular weight excluding hydrogens is 673 g/mol. The van der Waals surface area contributed by atoms with Crippen molar-refractivity contribution < 1.29 is 8.83 Å². The number of benzene rings is 9. The molecule has 4 nitrogen and oxygen atoms in total. The van der Waals surface area contributed by atoms with Gasteiger partial charge in [-0.05, 0) is 99.1 Å². The predicted octanol–water partition coefficient (Wildman–Crippen LogP) is 14.5. The first-order valence-corrected chi connectivity index (χ1v) is 18.5. The Balaban J connectivity index is 1.17. The van der Waals surface area contributed by atoms with Crippen molar-refractivity contribution in [3.05, 3.63) is 194 Å². The van der Waals surface area contributed by atoms with E-state index in [1.54, 1.807) is 0 Å². The van der Waals surface area contributed by atoms with E-state index in [0.29, 0.717) is 5.89 Å². The van der Waals surface area contributed by atoms with Crippen LogP contribution in [-0.2, 0) is 0 Å². The number of hydrogen-bond donors (Lipinski definition) is 0. The molecule has 0 atom stereocenters. The van der Waals surface area contributed by atoms with Crippen molar-refractivity contribution in [3.63, 3.8) is 0 Å². The molecule has 2 heterocycles. The van der Waals surface area contributed by atoms with E-state index in [2.05, 4.69) is 157 Å². The molecule has 11 aromatic rings. The summed E-state index contributed by atoms with van der Waals surface area (Å²) in [7, 11) is 0. The van der Waals surface area contributed by atoms with Crippen LogP contribution in [0, 0.1) is 0 Å². The molecular formula is C51H32N2O2. The SMILES string of the molecule is c1ccc(-c2nc3ccc4ccc5ccc(N(c6cccc(-c7ccccc7-c7ccccc7)c6)c6cccc7oc8ccccc8c67)cc5c4c3o2)cc1. The molecule has 0 aliphatic carbocycles. The van der Waals surface area contributed by atoms with Crippen LogP contribution in [0.15, 0.2) is 203 Å². The number of fused-ring (bicyclic) bond motifs is 8. The summed E-state index contributed by atoms with van der Waals surface area (Å²) in [5, 5.41) is 6.50. The molecule has 0 spiro atoms. The number of rotatable bonds is 6. The summed E-state index contributed by atoms with van der Waals surface area (Å²) in [6.45, 7) is 0. The molecule has 0 saturated heterocycles. The Morgan fingerprint density at radius 2 is 1.04 bits per heavy atom. The van der Waals surface area contributed by atoms with Crippen molar-refractivity contribution in [1.29, 1.82) is 0 Å². The first-order valence-electron chi connectivity index (χ1n) is 18.5. The topological polar surface area (TPSA) is 42.4 Å². The van der Waals surface area contributed by atoms with E-state index in [0.717, 1.165) is 82.8 Å². The maximum absolute atomic E-state index is 6.62. The van der Waals surface area contributed by atoms with Gasteiger partial charge in [-0.1, -0.05) is 133 Å². The van der Waals surface area contributed by atoms with Crippen LogP contribution >= 0.6 is 0 Å². The van der Waals surface area contributed by atoms with E-state index >= 15 is 0 Å². The van der Waals surface area contributed by atoms with Crippen LogP contribution in [0.25, 0.3) is 88.3 Å². The van der Waals surface area contributed by atoms with Crippen molar-refractivity contribution in [2.24, 2.45) is 0 Å². The summed E-state index contributed by atoms with van der Waals surface area (Å²) in [6.07, 6.45) is 0. The van der Waals surface area contributed by atoms with E-state index in [1.165, 1.54) is 16.7 Å². The highest BCUT2D eigenvalue weighted by atomic mass is 16.3. The number of furan rings is 1. The predicted molar refractivity (Wildman–Crippen MR) is 227 cm³/mol. The molecule has 55 heavy (non-hydrogen) atoms. The quantitative estimate of drug-likeness (QED) is 0.162. The lowest BCUT2D eigenvalue weighted by Gasteiger charge is -2.27. The van der Waals surface area contributed by atoms with Crippen molar-refractivity contribution in [3.8, 4) is 33.7 Å². The maximum Gasteiger partial charge on any atom is 0.227 e. The zero-order chi connectivity index (χ0) is 36.3. The average molecular weight is 705 g/mol. The zero-order valence-electron chi connectivity index (χ0n) is 29.7. The van der Waals surface area contributed by atoms with Crippen LogP contribution < -0.4 is 4.90 Å². The van der Waals surface area contributed by atoms with Gasteiger partial charge in [0.15, 0.2) is 5.58 Å². The summed E-state index contributed by atoms with van der Waals surface area (Å²) < 4.78 is 13.1. The molecule has 0 bridgehead atoms. The van der Waals surface area contributed by atoms with E-state index in [9.17, 15) is 0 Å². The second kappa shape index (κ2) is 12.6. The molecule has 0 aliphatic heterocycles. The van der Waals surface area contributed by atoms with Gasteiger partial charge in [0.25, 0.3) is 0 Å². The van der Waals surface area contributed by atoms with Crippen molar-refractivity contribution in [2.45, 2.75) is 0 Å². The maximum atomic E-state index is 6.62. The highest BCUT2D eigenvalue weighted by Gasteiger charge is 2.22. The third-order valence-electron chi connectivity index (χ3n) is 10.7. The standard InChI is InChI=1S/C51H32N2O2/c1-3-13-33(14-4-1)40-19-7-8-20-41(40)37-17-11-18-38(31-37)53(45-22-12-24-47-49(45)42-21-9-10-23-46(42)54-47)39-29-27-34-25-26-35-28-30-44-50(48(35)43(34)32-39)55-51(52-44)36-15-5-2-6-16-36/h1-32H. The highest BCUT2D eigenvalue weighted by Crippen LogP contribution is 2.46. The number of nitrogens with zero attached hydrogens (tertiary/aromatic N) is 2. The number of oxazole rings is 1. The minimum atomic E-state index is 0.615. The summed E-state index contributed by atoms with van der Waals surface area (Å²) in [6, 6.07) is 68.1. The van der Waals surface area contributed by atoms with E-state index < -0.39 is 0 Å². The molecule has 2 aromatic heterocycles. The lowest BCUT2D eigenvalue weighted by atomic mass is 9.94. The van der Waals surface area contributed by atoms with Gasteiger partial charge in [-0.3, -0.25) is 0 Å². The Bertz CT molecular complexity index is 3220. The molecule has 9 aromatic carbocycles. The first-order chi connectivity index (χ1) is 27.3. The molecule has 0 fully saturated rings. The van der Waals surface area contributed by atoms with Crippen molar-refractivity contribution in [1.82, 2.24) is 4.98 Å². The van der Waals surface area contributed by atoms with E-state index in [4.69, 9.17) is 13.8 Å². The van der Waals surface area contributed by atoms with Crippen LogP contribution in [-0.4, -0.2) is 4.98 Å². The van der Waals surface area contributed by atoms with Gasteiger partial charge in [-0.25, -0.2) is 4.98 Å². The van der Waals surface area contributed by atoms with Gasteiger partial charge in [-0.2, -0.15) is 0 Å². The second-order valence-electron chi connectivity index (χ2n) is 13.9. The molecule has 0 aliphatic rings. The van der Waals surface area contributed by atoms with Gasteiger partial charge in [0.2, 0.25) is 5.89 Å². The molecule has 4 heteroatoms. The third-order valence-corrected chi connectivity index (χ3v) is 10.7. The van der Waals surface area contributed by atoms with Crippen LogP contribution in [0.3, 0.4) is 0 Å². The number of anilines is 3. The van der Waals surface area contributed by atoms with E-state index in [1.807, 2.05) is 42.5 Å². The van der Waals surface area contributed by atoms with Gasteiger partial charge < -0.3 is 13.7 Å². The molecule has 11 rings (SSSR count). The van der Waals surface area contributed by atoms with Crippen molar-refractivity contribution >= 4 is 71.6 Å². The Morgan fingerprint density at radius 3 is 1.89 bits per heavy atom. The largest absolute Gasteiger partial charge is 0.456 e. The normalized spacial score (nSPS) is 11.6. The lowest BCUT2D eigenvalue weighted by Crippen LogP contribution is -2.10. The fourth-order valence-corrected chi connectivity index (χ4v) is 8.14. The smallest absolute Gasteiger partial charge is 0.227 e. The minimum absolute atomic E-state index is 0.615. The van der Waals surface area contributed by atoms with Gasteiger partial charge in [0, 0.05) is 27.7 Å². The zero-order valence-corrected chi connectivity index (χ0v) is 29.7. The van der Waals surface area contributed by atoms with Gasteiger partial charge in [0.05, 0.1) is 11.1 Å². The minimum Gasteiger partial charge on any atom is -0.456 e. The number of para-hydroxylation sites is 1. The van der Waals surface area contributed by atoms with Crippen molar-refractivity contribution in [2.75, 3.05) is 4.90 Å². The van der Waals surface area contributed by atoms with Crippen LogP contribution in [0.4, 0.5) is 17.1 Å². The van der Waals surface area contributed by atoms with Crippen LogP contribution in [0.5, 0.6) is 0 Å². The molecule has 0 saturated carbocycles. The lowest BCUT2D eigenvalue weighted by molar-refractivity contribution is 0.623. The monoisotopic (exact) mass is 704 g/mol. The van der Waals surface area contributed by atoms with Gasteiger partial charge >= 0.3 is 0 Å². The van der Waals surface area contributed by atoms with Gasteiger partial charge in [0.1, 0.15) is 16.7 Å². The number of aromatic nitrogens is 1. The molecule has 0 amide bonds. The van der Waals surface area contributed by atoms with Crippen LogP contribution in [0.1, 0.15) is 0 Å². The Hall–Kier alpha value is -7.43. The highest BCUT2D eigenvalue weighted by molar-refractivity contribution is 6.19. The van der Waals surface area contributed by atoms with E-state index in [-0.39, 0.29) is 0 Å². The summed E-state index contributed by atoms with van der Waals surface area (Å²) in [4.78, 5) is 7.30. The van der Waals surface area contributed by atoms with Gasteiger partial charge in [-0.15, -0.1) is 0 Å². The summed E-state index contributed by atoms with van der Waals surface area (Å²) >= 11 is 0. The Morgan fingerprint density at radius 1 is 0.400 bits per heavy atom. The molecule has 0 radical (unpaired) electrons. The number of hydrogen-bond acceptors (Lipinski definition) is 4. The first kappa shape index (κ1) is 31.1. The fraction of sp³-hybridized carbons (Fsp3) is 0. The Kier molecular flexibility index (Phi) is 7.14. The van der Waals surface area contributed by atoms with Crippen LogP contribution in [0.2, 0.25) is 0 Å². The fourth-order valence-electron chi connectivity index (χ4n) is 8.14. The molecule has 258 valence electrons. The second-order valence-corrected chi connectivity index (χ2v) is 13.9. The molecule has 0 N–H and O–H groups in total.